The van der Waals surface area contributed by atoms with Gasteiger partial charge in [-0.05, 0) is 26.9 Å². The number of anilines is 1. The lowest BCUT2D eigenvalue weighted by Crippen LogP contribution is -2.01. The number of rotatable bonds is 3. The Hall–Kier alpha value is -2.47. The Morgan fingerprint density at radius 3 is 2.36 bits per heavy atom. The Labute approximate surface area is 135 Å². The first-order chi connectivity index (χ1) is 10.6. The van der Waals surface area contributed by atoms with Crippen LogP contribution in [0.2, 0.25) is 0 Å². The van der Waals surface area contributed by atoms with Crippen molar-refractivity contribution in [1.82, 2.24) is 4.98 Å². The number of benzene rings is 2. The summed E-state index contributed by atoms with van der Waals surface area (Å²) in [5, 5.41) is 12.7. The van der Waals surface area contributed by atoms with E-state index < -0.39 is 4.92 Å². The lowest BCUT2D eigenvalue weighted by Gasteiger charge is -2.11. The highest BCUT2D eigenvalue weighted by Gasteiger charge is 2.12. The number of non-ortho nitro benzene ring substituents is 1. The van der Waals surface area contributed by atoms with Crippen molar-refractivity contribution >= 4 is 38.2 Å². The fraction of sp³-hybridized carbons (Fsp3) is 0.0625. The van der Waals surface area contributed by atoms with Crippen molar-refractivity contribution in [1.29, 1.82) is 0 Å². The van der Waals surface area contributed by atoms with Crippen molar-refractivity contribution in [2.24, 2.45) is 0 Å². The molecule has 3 aromatic rings. The number of nitrogen functional groups attached to an aromatic ring is 1. The van der Waals surface area contributed by atoms with Gasteiger partial charge in [0.05, 0.1) is 4.92 Å². The van der Waals surface area contributed by atoms with E-state index in [2.05, 4.69) is 20.9 Å². The Morgan fingerprint density at radius 1 is 1.09 bits per heavy atom. The summed E-state index contributed by atoms with van der Waals surface area (Å²) in [6.45, 7) is 0. The van der Waals surface area contributed by atoms with Crippen LogP contribution in [-0.2, 0) is 6.42 Å². The largest absolute Gasteiger partial charge is 0.383 e. The lowest BCUT2D eigenvalue weighted by molar-refractivity contribution is -0.384. The van der Waals surface area contributed by atoms with E-state index in [1.807, 2.05) is 24.3 Å². The van der Waals surface area contributed by atoms with Gasteiger partial charge in [-0.15, -0.1) is 0 Å². The van der Waals surface area contributed by atoms with Gasteiger partial charge in [-0.1, -0.05) is 36.4 Å². The number of halogens is 1. The number of nitro benzene ring substituents is 1. The van der Waals surface area contributed by atoms with Crippen molar-refractivity contribution in [3.8, 4) is 0 Å². The van der Waals surface area contributed by atoms with Gasteiger partial charge in [-0.2, -0.15) is 0 Å². The number of nitro groups is 1. The number of nitrogens with two attached hydrogens (primary N) is 1. The molecular weight excluding hydrogens is 346 g/mol. The molecule has 22 heavy (non-hydrogen) atoms. The highest BCUT2D eigenvalue weighted by molar-refractivity contribution is 9.10. The van der Waals surface area contributed by atoms with Crippen LogP contribution in [0.25, 0.3) is 10.8 Å². The molecular formula is C16H12BrN3O2. The molecule has 0 aliphatic rings. The molecule has 3 rings (SSSR count). The SMILES string of the molecule is Nc1nc(Br)c2ccccc2c1Cc1ccc([N+](=O)[O-])cc1. The summed E-state index contributed by atoms with van der Waals surface area (Å²) in [6, 6.07) is 14.4. The molecule has 0 unspecified atom stereocenters. The summed E-state index contributed by atoms with van der Waals surface area (Å²) in [4.78, 5) is 14.6. The molecule has 5 nitrogen and oxygen atoms in total. The predicted molar refractivity (Wildman–Crippen MR) is 89.8 cm³/mol. The number of hydrogen-bond donors (Lipinski definition) is 1. The van der Waals surface area contributed by atoms with Gasteiger partial charge in [0, 0.05) is 29.5 Å². The van der Waals surface area contributed by atoms with Crippen LogP contribution in [0.5, 0.6) is 0 Å². The van der Waals surface area contributed by atoms with Crippen LogP contribution in [0.1, 0.15) is 11.1 Å². The van der Waals surface area contributed by atoms with E-state index in [4.69, 9.17) is 5.73 Å². The third kappa shape index (κ3) is 2.65. The van der Waals surface area contributed by atoms with Gasteiger partial charge in [-0.3, -0.25) is 10.1 Å². The van der Waals surface area contributed by atoms with E-state index in [1.54, 1.807) is 12.1 Å². The van der Waals surface area contributed by atoms with Crippen LogP contribution in [0, 0.1) is 10.1 Å². The van der Waals surface area contributed by atoms with Gasteiger partial charge in [0.1, 0.15) is 10.4 Å². The molecule has 0 amide bonds. The molecule has 6 heteroatoms. The lowest BCUT2D eigenvalue weighted by atomic mass is 10.00. The zero-order valence-corrected chi connectivity index (χ0v) is 13.1. The van der Waals surface area contributed by atoms with Crippen LogP contribution < -0.4 is 5.73 Å². The van der Waals surface area contributed by atoms with E-state index in [0.717, 1.165) is 21.9 Å². The average molecular weight is 358 g/mol. The molecule has 2 N–H and O–H groups in total. The number of nitrogens with zero attached hydrogens (tertiary/aromatic N) is 2. The molecule has 110 valence electrons. The number of hydrogen-bond acceptors (Lipinski definition) is 4. The molecule has 1 aromatic heterocycles. The summed E-state index contributed by atoms with van der Waals surface area (Å²) in [7, 11) is 0. The van der Waals surface area contributed by atoms with E-state index in [9.17, 15) is 10.1 Å². The number of fused-ring (bicyclic) bond motifs is 1. The zero-order valence-electron chi connectivity index (χ0n) is 11.5. The fourth-order valence-corrected chi connectivity index (χ4v) is 2.96. The zero-order chi connectivity index (χ0) is 15.7. The highest BCUT2D eigenvalue weighted by atomic mass is 79.9. The highest BCUT2D eigenvalue weighted by Crippen LogP contribution is 2.30. The Bertz CT molecular complexity index is 863. The van der Waals surface area contributed by atoms with Crippen molar-refractivity contribution in [3.63, 3.8) is 0 Å². The fourth-order valence-electron chi connectivity index (χ4n) is 2.42. The van der Waals surface area contributed by atoms with E-state index in [1.165, 1.54) is 12.1 Å². The Balaban J connectivity index is 2.05. The molecule has 0 aliphatic heterocycles. The molecule has 0 radical (unpaired) electrons. The summed E-state index contributed by atoms with van der Waals surface area (Å²) < 4.78 is 0.716. The summed E-state index contributed by atoms with van der Waals surface area (Å²) >= 11 is 3.43. The van der Waals surface area contributed by atoms with Gasteiger partial charge in [-0.25, -0.2) is 4.98 Å². The van der Waals surface area contributed by atoms with Gasteiger partial charge in [0.15, 0.2) is 0 Å². The van der Waals surface area contributed by atoms with Gasteiger partial charge in [0.25, 0.3) is 5.69 Å². The number of pyridine rings is 1. The third-order valence-corrected chi connectivity index (χ3v) is 4.13. The summed E-state index contributed by atoms with van der Waals surface area (Å²) in [5.41, 5.74) is 8.02. The maximum atomic E-state index is 10.7. The molecule has 0 saturated carbocycles. The smallest absolute Gasteiger partial charge is 0.269 e. The van der Waals surface area contributed by atoms with Crippen LogP contribution in [0.4, 0.5) is 11.5 Å². The van der Waals surface area contributed by atoms with Crippen molar-refractivity contribution in [3.05, 3.63) is 74.4 Å². The minimum absolute atomic E-state index is 0.0792. The van der Waals surface area contributed by atoms with Crippen LogP contribution in [0.3, 0.4) is 0 Å². The molecule has 0 bridgehead atoms. The van der Waals surface area contributed by atoms with Crippen LogP contribution >= 0.6 is 15.9 Å². The van der Waals surface area contributed by atoms with E-state index in [-0.39, 0.29) is 5.69 Å². The maximum absolute atomic E-state index is 10.7. The molecule has 0 fully saturated rings. The Morgan fingerprint density at radius 2 is 1.73 bits per heavy atom. The molecule has 0 saturated heterocycles. The second-order valence-electron chi connectivity index (χ2n) is 4.91. The second-order valence-corrected chi connectivity index (χ2v) is 5.66. The molecule has 0 aliphatic carbocycles. The van der Waals surface area contributed by atoms with E-state index in [0.29, 0.717) is 16.8 Å². The van der Waals surface area contributed by atoms with Crippen molar-refractivity contribution in [2.75, 3.05) is 5.73 Å². The first-order valence-corrected chi connectivity index (χ1v) is 7.41. The van der Waals surface area contributed by atoms with Gasteiger partial charge >= 0.3 is 0 Å². The normalized spacial score (nSPS) is 10.8. The number of aromatic nitrogens is 1. The van der Waals surface area contributed by atoms with Crippen LogP contribution in [-0.4, -0.2) is 9.91 Å². The third-order valence-electron chi connectivity index (χ3n) is 3.53. The van der Waals surface area contributed by atoms with E-state index >= 15 is 0 Å². The van der Waals surface area contributed by atoms with Crippen molar-refractivity contribution < 1.29 is 4.92 Å². The molecule has 0 atom stereocenters. The quantitative estimate of drug-likeness (QED) is 0.435. The second kappa shape index (κ2) is 5.73. The topological polar surface area (TPSA) is 82.0 Å². The standard InChI is InChI=1S/C16H12BrN3O2/c17-15-13-4-2-1-3-12(13)14(16(18)19-15)9-10-5-7-11(8-6-10)20(21)22/h1-8H,9H2,(H2,18,19). The van der Waals surface area contributed by atoms with Gasteiger partial charge in [0.2, 0.25) is 0 Å². The minimum Gasteiger partial charge on any atom is -0.383 e. The minimum atomic E-state index is -0.408. The molecule has 0 spiro atoms. The molecule has 2 aromatic carbocycles. The van der Waals surface area contributed by atoms with Crippen LogP contribution in [0.15, 0.2) is 53.1 Å². The Kier molecular flexibility index (Phi) is 3.77. The predicted octanol–water partition coefficient (Wildman–Crippen LogP) is 4.08. The molecule has 1 heterocycles. The first-order valence-electron chi connectivity index (χ1n) is 6.62. The van der Waals surface area contributed by atoms with Gasteiger partial charge < -0.3 is 5.73 Å². The van der Waals surface area contributed by atoms with Crippen molar-refractivity contribution in [2.45, 2.75) is 6.42 Å². The monoisotopic (exact) mass is 357 g/mol. The maximum Gasteiger partial charge on any atom is 0.269 e. The average Bonchev–Trinajstić information content (AvgIpc) is 2.52. The first kappa shape index (κ1) is 14.5. The summed E-state index contributed by atoms with van der Waals surface area (Å²) in [5.74, 6) is 0.462. The summed E-state index contributed by atoms with van der Waals surface area (Å²) in [6.07, 6.45) is 0.574.